The molecule has 6 heterocycles. The molecule has 0 saturated heterocycles. The minimum Gasteiger partial charge on any atom is -0.458 e. The van der Waals surface area contributed by atoms with Gasteiger partial charge in [0, 0.05) is 67.8 Å². The number of anilines is 6. The fourth-order valence-electron chi connectivity index (χ4n) is 15.7. The lowest BCUT2D eigenvalue weighted by molar-refractivity contribution is 0.487. The summed E-state index contributed by atoms with van der Waals surface area (Å²) in [5.41, 5.74) is 20.5. The fourth-order valence-corrected chi connectivity index (χ4v) is 15.7. The highest BCUT2D eigenvalue weighted by atomic mass is 16.5. The fraction of sp³-hybridized carbons (Fsp3) is 0. The number of nitrogens with zero attached hydrogens (tertiary/aromatic N) is 4. The van der Waals surface area contributed by atoms with Crippen molar-refractivity contribution >= 4 is 156 Å². The third-order valence-electron chi connectivity index (χ3n) is 19.1. The number of rotatable bonds is 4. The highest BCUT2D eigenvalue weighted by Crippen LogP contribution is 2.48. The molecular weight excluding hydrogens is 1050 g/mol. The van der Waals surface area contributed by atoms with Gasteiger partial charge in [-0.15, -0.1) is 0 Å². The van der Waals surface area contributed by atoms with Crippen LogP contribution >= 0.6 is 0 Å². The van der Waals surface area contributed by atoms with Crippen molar-refractivity contribution < 1.29 is 9.47 Å². The van der Waals surface area contributed by atoms with E-state index < -0.39 is 0 Å². The SMILES string of the molecule is c1ccc(N2c3ccccc3B3c4cc5c6ccccc6c6cc7c(cc6c5cc4Oc4cc(-n5c6ccccc6c6ccccc65)cc2c43)Oc2cc(-n3c4ccccc4c4ccccc43)cc3c2B7c2ccccc2N3c2ccccc2)cc1. The first kappa shape index (κ1) is 46.3. The van der Waals surface area contributed by atoms with Crippen molar-refractivity contribution in [1.82, 2.24) is 9.13 Å². The van der Waals surface area contributed by atoms with Crippen LogP contribution in [0, 0.1) is 0 Å². The van der Waals surface area contributed by atoms with Crippen molar-refractivity contribution in [3.8, 4) is 34.4 Å². The molecule has 0 N–H and O–H groups in total. The van der Waals surface area contributed by atoms with Gasteiger partial charge in [0.25, 0.3) is 13.4 Å². The molecule has 16 aromatic rings. The molecule has 0 unspecified atom stereocenters. The summed E-state index contributed by atoms with van der Waals surface area (Å²) in [6, 6.07) is 103. The molecule has 0 saturated carbocycles. The Balaban J connectivity index is 0.838. The number of benzene rings is 14. The zero-order valence-corrected chi connectivity index (χ0v) is 46.3. The van der Waals surface area contributed by atoms with Crippen molar-refractivity contribution in [3.05, 3.63) is 279 Å². The second-order valence-corrected chi connectivity index (χ2v) is 23.4. The maximum atomic E-state index is 7.59. The summed E-state index contributed by atoms with van der Waals surface area (Å²) in [5.74, 6) is 3.41. The molecular formula is C78H46B2N4O2. The molecule has 0 radical (unpaired) electrons. The van der Waals surface area contributed by atoms with Gasteiger partial charge in [0.1, 0.15) is 23.0 Å². The van der Waals surface area contributed by atoms with Crippen LogP contribution in [0.1, 0.15) is 0 Å². The van der Waals surface area contributed by atoms with E-state index in [1.165, 1.54) is 54.0 Å². The molecule has 0 amide bonds. The van der Waals surface area contributed by atoms with Crippen LogP contribution in [0.2, 0.25) is 0 Å². The van der Waals surface area contributed by atoms with E-state index >= 15 is 0 Å². The molecule has 6 nitrogen and oxygen atoms in total. The standard InChI is InChI=1S/C78H46B2N4O2/c1-3-21-47(22-4-1)81-69-37-19-13-31-61(69)79-63-43-57-51-25-7-8-26-52(51)58-44-64-74(46-60(58)59(57)45-73(63)85-75-41-49(39-71(81)77(75)79)83-65-33-15-9-27-53(65)54-28-10-16-34-66(54)83)86-76-42-50(84-67-35-17-11-29-55(67)56-30-12-18-36-68(56)84)40-72-78(76)80(64)62-32-14-20-38-70(62)82(72)48-23-5-2-6-24-48/h1-46H. The Bertz CT molecular complexity index is 5200. The van der Waals surface area contributed by atoms with Crippen molar-refractivity contribution in [3.63, 3.8) is 0 Å². The average Bonchev–Trinajstić information content (AvgIpc) is 0.898. The van der Waals surface area contributed by atoms with Gasteiger partial charge in [-0.1, -0.05) is 182 Å². The lowest BCUT2D eigenvalue weighted by atomic mass is 9.34. The number of para-hydroxylation sites is 8. The van der Waals surface area contributed by atoms with Crippen molar-refractivity contribution in [2.75, 3.05) is 9.80 Å². The number of hydrogen-bond acceptors (Lipinski definition) is 4. The molecule has 396 valence electrons. The molecule has 2 aromatic heterocycles. The van der Waals surface area contributed by atoms with Gasteiger partial charge in [-0.05, 0) is 150 Å². The summed E-state index contributed by atoms with van der Waals surface area (Å²) in [7, 11) is 0. The second kappa shape index (κ2) is 17.2. The molecule has 0 atom stereocenters. The highest BCUT2D eigenvalue weighted by Gasteiger charge is 2.45. The first-order chi connectivity index (χ1) is 42.7. The number of hydrogen-bond donors (Lipinski definition) is 0. The Labute approximate surface area is 495 Å². The van der Waals surface area contributed by atoms with Gasteiger partial charge in [0.05, 0.1) is 33.4 Å². The monoisotopic (exact) mass is 1090 g/mol. The molecule has 0 fully saturated rings. The molecule has 4 aliphatic heterocycles. The normalized spacial score (nSPS) is 13.4. The maximum absolute atomic E-state index is 7.59. The molecule has 0 bridgehead atoms. The zero-order valence-electron chi connectivity index (χ0n) is 46.3. The van der Waals surface area contributed by atoms with Crippen molar-refractivity contribution in [2.45, 2.75) is 0 Å². The maximum Gasteiger partial charge on any atom is 0.256 e. The minimum absolute atomic E-state index is 0.117. The number of aromatic nitrogens is 2. The van der Waals surface area contributed by atoms with E-state index in [0.717, 1.165) is 123 Å². The topological polar surface area (TPSA) is 34.8 Å². The van der Waals surface area contributed by atoms with Crippen LogP contribution in [0.3, 0.4) is 0 Å². The van der Waals surface area contributed by atoms with Crippen LogP contribution in [0.5, 0.6) is 23.0 Å². The summed E-state index contributed by atoms with van der Waals surface area (Å²) in [6.45, 7) is -0.233. The van der Waals surface area contributed by atoms with E-state index in [9.17, 15) is 0 Å². The van der Waals surface area contributed by atoms with E-state index in [4.69, 9.17) is 9.47 Å². The second-order valence-electron chi connectivity index (χ2n) is 23.4. The smallest absolute Gasteiger partial charge is 0.256 e. The van der Waals surface area contributed by atoms with Gasteiger partial charge < -0.3 is 28.4 Å². The van der Waals surface area contributed by atoms with E-state index in [1.54, 1.807) is 0 Å². The summed E-state index contributed by atoms with van der Waals surface area (Å²) < 4.78 is 20.0. The molecule has 0 aliphatic carbocycles. The Morgan fingerprint density at radius 1 is 0.221 bits per heavy atom. The first-order valence-corrected chi connectivity index (χ1v) is 29.7. The van der Waals surface area contributed by atoms with Gasteiger partial charge in [-0.2, -0.15) is 0 Å². The quantitative estimate of drug-likeness (QED) is 0.130. The molecule has 86 heavy (non-hydrogen) atoms. The molecule has 0 spiro atoms. The molecule has 4 aliphatic rings. The Morgan fingerprint density at radius 2 is 0.547 bits per heavy atom. The van der Waals surface area contributed by atoms with Crippen LogP contribution in [0.15, 0.2) is 279 Å². The predicted molar refractivity (Wildman–Crippen MR) is 359 cm³/mol. The van der Waals surface area contributed by atoms with Gasteiger partial charge in [-0.25, -0.2) is 0 Å². The molecule has 14 aromatic carbocycles. The van der Waals surface area contributed by atoms with E-state index in [0.29, 0.717) is 0 Å². The van der Waals surface area contributed by atoms with E-state index in [1.807, 2.05) is 0 Å². The van der Waals surface area contributed by atoms with Crippen LogP contribution in [0.4, 0.5) is 34.1 Å². The van der Waals surface area contributed by atoms with Crippen molar-refractivity contribution in [2.24, 2.45) is 0 Å². The molecule has 20 rings (SSSR count). The summed E-state index contributed by atoms with van der Waals surface area (Å²) in [5, 5.41) is 11.9. The zero-order chi connectivity index (χ0) is 55.9. The van der Waals surface area contributed by atoms with Crippen molar-refractivity contribution in [1.29, 1.82) is 0 Å². The third-order valence-corrected chi connectivity index (χ3v) is 19.1. The Hall–Kier alpha value is -11.2. The number of ether oxygens (including phenoxy) is 2. The van der Waals surface area contributed by atoms with E-state index in [-0.39, 0.29) is 13.4 Å². The lowest BCUT2D eigenvalue weighted by Crippen LogP contribution is -2.59. The van der Waals surface area contributed by atoms with Crippen LogP contribution < -0.4 is 52.1 Å². The summed E-state index contributed by atoms with van der Waals surface area (Å²) in [6.07, 6.45) is 0. The largest absolute Gasteiger partial charge is 0.458 e. The van der Waals surface area contributed by atoms with Crippen LogP contribution in [0.25, 0.3) is 87.3 Å². The lowest BCUT2D eigenvalue weighted by Gasteiger charge is -2.40. The highest BCUT2D eigenvalue weighted by molar-refractivity contribution is 7.00. The Kier molecular flexibility index (Phi) is 9.26. The van der Waals surface area contributed by atoms with Gasteiger partial charge in [0.2, 0.25) is 0 Å². The van der Waals surface area contributed by atoms with Gasteiger partial charge >= 0.3 is 0 Å². The summed E-state index contributed by atoms with van der Waals surface area (Å²) >= 11 is 0. The van der Waals surface area contributed by atoms with Gasteiger partial charge in [0.15, 0.2) is 0 Å². The minimum atomic E-state index is -0.117. The average molecular weight is 1090 g/mol. The summed E-state index contributed by atoms with van der Waals surface area (Å²) in [4.78, 5) is 4.89. The third kappa shape index (κ3) is 6.21. The number of fused-ring (bicyclic) bond motifs is 20. The van der Waals surface area contributed by atoms with Gasteiger partial charge in [-0.3, -0.25) is 0 Å². The van der Waals surface area contributed by atoms with Crippen LogP contribution in [-0.2, 0) is 0 Å². The Morgan fingerprint density at radius 3 is 0.942 bits per heavy atom. The first-order valence-electron chi connectivity index (χ1n) is 29.7. The predicted octanol–water partition coefficient (Wildman–Crippen LogP) is 16.2. The van der Waals surface area contributed by atoms with E-state index in [2.05, 4.69) is 298 Å². The van der Waals surface area contributed by atoms with Crippen LogP contribution in [-0.4, -0.2) is 22.6 Å². The molecule has 8 heteroatoms.